The van der Waals surface area contributed by atoms with Gasteiger partial charge in [-0.2, -0.15) is 0 Å². The molecule has 1 aliphatic carbocycles. The Bertz CT molecular complexity index is 269. The number of ether oxygens (including phenoxy) is 1. The van der Waals surface area contributed by atoms with Gasteiger partial charge in [0.15, 0.2) is 0 Å². The Morgan fingerprint density at radius 1 is 1.67 bits per heavy atom. The first-order chi connectivity index (χ1) is 8.49. The third kappa shape index (κ3) is 4.92. The second-order valence-electron chi connectivity index (χ2n) is 5.50. The highest BCUT2D eigenvalue weighted by atomic mass is 16.5. The SMILES string of the molecule is COC(CN)CC(=O)NCC1(O)CCCC(C)C1. The Morgan fingerprint density at radius 3 is 2.94 bits per heavy atom. The molecule has 0 saturated heterocycles. The van der Waals surface area contributed by atoms with Gasteiger partial charge in [-0.15, -0.1) is 0 Å². The molecular weight excluding hydrogens is 232 g/mol. The zero-order valence-electron chi connectivity index (χ0n) is 11.4. The third-order valence-corrected chi connectivity index (χ3v) is 3.69. The van der Waals surface area contributed by atoms with Gasteiger partial charge in [0.1, 0.15) is 0 Å². The number of methoxy groups -OCH3 is 1. The summed E-state index contributed by atoms with van der Waals surface area (Å²) in [6.45, 7) is 2.80. The lowest BCUT2D eigenvalue weighted by Crippen LogP contribution is -2.46. The van der Waals surface area contributed by atoms with E-state index in [1.54, 1.807) is 7.11 Å². The van der Waals surface area contributed by atoms with Crippen LogP contribution in [0.1, 0.15) is 39.0 Å². The largest absolute Gasteiger partial charge is 0.388 e. The summed E-state index contributed by atoms with van der Waals surface area (Å²) in [7, 11) is 1.54. The van der Waals surface area contributed by atoms with Gasteiger partial charge in [-0.1, -0.05) is 19.8 Å². The van der Waals surface area contributed by atoms with E-state index in [-0.39, 0.29) is 18.4 Å². The number of rotatable bonds is 6. The van der Waals surface area contributed by atoms with Crippen LogP contribution in [-0.4, -0.2) is 42.9 Å². The Morgan fingerprint density at radius 2 is 2.39 bits per heavy atom. The number of carbonyl (C=O) groups is 1. The summed E-state index contributed by atoms with van der Waals surface area (Å²) in [6.07, 6.45) is 3.72. The molecule has 5 nitrogen and oxygen atoms in total. The normalized spacial score (nSPS) is 29.9. The lowest BCUT2D eigenvalue weighted by molar-refractivity contribution is -0.125. The van der Waals surface area contributed by atoms with Crippen molar-refractivity contribution in [1.82, 2.24) is 5.32 Å². The predicted molar refractivity (Wildman–Crippen MR) is 70.1 cm³/mol. The minimum Gasteiger partial charge on any atom is -0.388 e. The molecule has 1 amide bonds. The number of aliphatic hydroxyl groups is 1. The van der Waals surface area contributed by atoms with Gasteiger partial charge >= 0.3 is 0 Å². The van der Waals surface area contributed by atoms with Crippen LogP contribution >= 0.6 is 0 Å². The van der Waals surface area contributed by atoms with Crippen LogP contribution < -0.4 is 11.1 Å². The number of hydrogen-bond acceptors (Lipinski definition) is 4. The maximum absolute atomic E-state index is 11.7. The minimum absolute atomic E-state index is 0.112. The zero-order chi connectivity index (χ0) is 13.6. The molecule has 0 aromatic carbocycles. The van der Waals surface area contributed by atoms with Crippen molar-refractivity contribution in [2.75, 3.05) is 20.2 Å². The van der Waals surface area contributed by atoms with Crippen molar-refractivity contribution >= 4 is 5.91 Å². The second-order valence-corrected chi connectivity index (χ2v) is 5.50. The summed E-state index contributed by atoms with van der Waals surface area (Å²) in [5, 5.41) is 13.2. The molecule has 4 N–H and O–H groups in total. The molecule has 0 heterocycles. The van der Waals surface area contributed by atoms with Gasteiger partial charge in [0.05, 0.1) is 18.1 Å². The molecule has 0 radical (unpaired) electrons. The highest BCUT2D eigenvalue weighted by Crippen LogP contribution is 2.31. The van der Waals surface area contributed by atoms with E-state index in [0.717, 1.165) is 25.7 Å². The van der Waals surface area contributed by atoms with Gasteiger partial charge in [0.25, 0.3) is 0 Å². The molecular formula is C13H26N2O3. The molecule has 1 fully saturated rings. The zero-order valence-corrected chi connectivity index (χ0v) is 11.4. The lowest BCUT2D eigenvalue weighted by Gasteiger charge is -2.35. The molecule has 106 valence electrons. The molecule has 0 aliphatic heterocycles. The van der Waals surface area contributed by atoms with E-state index in [1.165, 1.54) is 0 Å². The maximum atomic E-state index is 11.7. The van der Waals surface area contributed by atoms with Crippen molar-refractivity contribution in [1.29, 1.82) is 0 Å². The van der Waals surface area contributed by atoms with Crippen molar-refractivity contribution in [3.05, 3.63) is 0 Å². The van der Waals surface area contributed by atoms with E-state index >= 15 is 0 Å². The molecule has 18 heavy (non-hydrogen) atoms. The first kappa shape index (κ1) is 15.4. The highest BCUT2D eigenvalue weighted by Gasteiger charge is 2.32. The molecule has 1 saturated carbocycles. The smallest absolute Gasteiger partial charge is 0.222 e. The van der Waals surface area contributed by atoms with E-state index in [0.29, 0.717) is 19.0 Å². The van der Waals surface area contributed by atoms with Crippen LogP contribution in [0.2, 0.25) is 0 Å². The van der Waals surface area contributed by atoms with Crippen molar-refractivity contribution in [2.24, 2.45) is 11.7 Å². The van der Waals surface area contributed by atoms with Crippen molar-refractivity contribution in [3.8, 4) is 0 Å². The number of carbonyl (C=O) groups excluding carboxylic acids is 1. The molecule has 0 aromatic rings. The number of nitrogens with one attached hydrogen (secondary N) is 1. The van der Waals surface area contributed by atoms with E-state index in [1.807, 2.05) is 0 Å². The minimum atomic E-state index is -0.737. The molecule has 1 rings (SSSR count). The van der Waals surface area contributed by atoms with Crippen LogP contribution in [0.4, 0.5) is 0 Å². The Kier molecular flexibility index (Phi) is 6.05. The van der Waals surface area contributed by atoms with Crippen molar-refractivity contribution in [3.63, 3.8) is 0 Å². The summed E-state index contributed by atoms with van der Waals surface area (Å²) in [6, 6.07) is 0. The second kappa shape index (κ2) is 7.07. The molecule has 0 aromatic heterocycles. The summed E-state index contributed by atoms with van der Waals surface area (Å²) in [4.78, 5) is 11.7. The first-order valence-corrected chi connectivity index (χ1v) is 6.71. The van der Waals surface area contributed by atoms with Crippen LogP contribution in [0.3, 0.4) is 0 Å². The third-order valence-electron chi connectivity index (χ3n) is 3.69. The van der Waals surface area contributed by atoms with E-state index in [9.17, 15) is 9.90 Å². The molecule has 1 aliphatic rings. The number of amides is 1. The van der Waals surface area contributed by atoms with Gasteiger partial charge in [0.2, 0.25) is 5.91 Å². The van der Waals surface area contributed by atoms with Crippen LogP contribution in [0.5, 0.6) is 0 Å². The monoisotopic (exact) mass is 258 g/mol. The van der Waals surface area contributed by atoms with Gasteiger partial charge in [0, 0.05) is 20.2 Å². The molecule has 0 bridgehead atoms. The standard InChI is InChI=1S/C13H26N2O3/c1-10-4-3-5-13(17,7-10)9-15-12(16)6-11(8-14)18-2/h10-11,17H,3-9,14H2,1-2H3,(H,15,16). The quantitative estimate of drug-likeness (QED) is 0.644. The van der Waals surface area contributed by atoms with Crippen molar-refractivity contribution in [2.45, 2.75) is 50.7 Å². The Labute approximate surface area is 109 Å². The lowest BCUT2D eigenvalue weighted by atomic mass is 9.79. The van der Waals surface area contributed by atoms with E-state index in [2.05, 4.69) is 12.2 Å². The van der Waals surface area contributed by atoms with Gasteiger partial charge in [-0.25, -0.2) is 0 Å². The summed E-state index contributed by atoms with van der Waals surface area (Å²) < 4.78 is 5.06. The molecule has 3 atom stereocenters. The van der Waals surface area contributed by atoms with Crippen LogP contribution in [0, 0.1) is 5.92 Å². The number of hydrogen-bond donors (Lipinski definition) is 3. The predicted octanol–water partition coefficient (Wildman–Crippen LogP) is 0.408. The Hall–Kier alpha value is -0.650. The van der Waals surface area contributed by atoms with Gasteiger partial charge < -0.3 is 20.9 Å². The van der Waals surface area contributed by atoms with Gasteiger partial charge in [-0.05, 0) is 18.8 Å². The fraction of sp³-hybridized carbons (Fsp3) is 0.923. The fourth-order valence-electron chi connectivity index (χ4n) is 2.60. The van der Waals surface area contributed by atoms with Crippen LogP contribution in [0.15, 0.2) is 0 Å². The molecule has 5 heteroatoms. The van der Waals surface area contributed by atoms with Crippen LogP contribution in [0.25, 0.3) is 0 Å². The first-order valence-electron chi connectivity index (χ1n) is 6.71. The molecule has 0 spiro atoms. The fourth-order valence-corrected chi connectivity index (χ4v) is 2.60. The van der Waals surface area contributed by atoms with E-state index in [4.69, 9.17) is 10.5 Å². The van der Waals surface area contributed by atoms with Crippen molar-refractivity contribution < 1.29 is 14.6 Å². The number of nitrogens with two attached hydrogens (primary N) is 1. The highest BCUT2D eigenvalue weighted by molar-refractivity contribution is 5.76. The summed E-state index contributed by atoms with van der Waals surface area (Å²) >= 11 is 0. The summed E-state index contributed by atoms with van der Waals surface area (Å²) in [5.41, 5.74) is 4.72. The Balaban J connectivity index is 2.32. The van der Waals surface area contributed by atoms with Gasteiger partial charge in [-0.3, -0.25) is 4.79 Å². The van der Waals surface area contributed by atoms with E-state index < -0.39 is 5.60 Å². The van der Waals surface area contributed by atoms with Crippen LogP contribution in [-0.2, 0) is 9.53 Å². The summed E-state index contributed by atoms with van der Waals surface area (Å²) in [5.74, 6) is 0.412. The average Bonchev–Trinajstić information content (AvgIpc) is 2.33. The molecule has 3 unspecified atom stereocenters. The maximum Gasteiger partial charge on any atom is 0.222 e. The topological polar surface area (TPSA) is 84.6 Å². The average molecular weight is 258 g/mol.